The van der Waals surface area contributed by atoms with E-state index in [2.05, 4.69) is 5.10 Å². The minimum Gasteiger partial charge on any atom is -0.351 e. The highest BCUT2D eigenvalue weighted by Crippen LogP contribution is 2.37. The number of aromatic nitrogens is 2. The van der Waals surface area contributed by atoms with Gasteiger partial charge in [0.25, 0.3) is 0 Å². The van der Waals surface area contributed by atoms with Crippen molar-refractivity contribution in [3.05, 3.63) is 15.8 Å². The van der Waals surface area contributed by atoms with Crippen molar-refractivity contribution in [2.24, 2.45) is 18.7 Å². The van der Waals surface area contributed by atoms with Crippen LogP contribution in [0.5, 0.6) is 0 Å². The van der Waals surface area contributed by atoms with Gasteiger partial charge in [-0.15, -0.1) is 0 Å². The fourth-order valence-corrected chi connectivity index (χ4v) is 3.34. The second kappa shape index (κ2) is 5.78. The largest absolute Gasteiger partial charge is 0.351 e. The van der Waals surface area contributed by atoms with Crippen molar-refractivity contribution in [2.45, 2.75) is 38.6 Å². The van der Waals surface area contributed by atoms with E-state index in [-0.39, 0.29) is 16.7 Å². The second-order valence-electron chi connectivity index (χ2n) is 5.46. The topological polar surface area (TPSA) is 90.2 Å². The lowest BCUT2D eigenvalue weighted by Crippen LogP contribution is -2.39. The van der Waals surface area contributed by atoms with Gasteiger partial charge in [0.05, 0.1) is 4.92 Å². The van der Waals surface area contributed by atoms with Gasteiger partial charge in [0.15, 0.2) is 0 Å². The molecule has 0 amide bonds. The van der Waals surface area contributed by atoms with E-state index in [1.165, 1.54) is 0 Å². The van der Waals surface area contributed by atoms with E-state index in [0.717, 1.165) is 19.3 Å². The number of anilines is 1. The molecule has 20 heavy (non-hydrogen) atoms. The van der Waals surface area contributed by atoms with Crippen LogP contribution in [0.2, 0.25) is 0 Å². The van der Waals surface area contributed by atoms with Crippen LogP contribution in [0.4, 0.5) is 11.5 Å². The van der Waals surface area contributed by atoms with Gasteiger partial charge in [-0.3, -0.25) is 10.1 Å². The second-order valence-corrected chi connectivity index (χ2v) is 5.46. The number of rotatable bonds is 5. The Hall–Kier alpha value is -1.63. The Kier molecular flexibility index (Phi) is 4.27. The normalized spacial score (nSPS) is 22.2. The Bertz CT molecular complexity index is 499. The molecule has 2 unspecified atom stereocenters. The standard InChI is InChI=1S/C13H23N5O2/c1-4-10-12(18(19)20)13(17(3)15-10)16(2)11-7-5-6-9(11)8-14/h9,11H,4-8,14H2,1-3H3. The summed E-state index contributed by atoms with van der Waals surface area (Å²) in [5.74, 6) is 0.997. The maximum Gasteiger partial charge on any atom is 0.334 e. The molecule has 0 radical (unpaired) electrons. The fraction of sp³-hybridized carbons (Fsp3) is 0.769. The van der Waals surface area contributed by atoms with Crippen molar-refractivity contribution in [3.8, 4) is 0 Å². The molecular weight excluding hydrogens is 258 g/mol. The maximum atomic E-state index is 11.4. The molecule has 7 nitrogen and oxygen atoms in total. The van der Waals surface area contributed by atoms with Crippen LogP contribution in [0.15, 0.2) is 0 Å². The van der Waals surface area contributed by atoms with Crippen LogP contribution in [-0.4, -0.2) is 34.3 Å². The smallest absolute Gasteiger partial charge is 0.334 e. The minimum atomic E-state index is -0.315. The fourth-order valence-electron chi connectivity index (χ4n) is 3.34. The number of nitrogens with two attached hydrogens (primary N) is 1. The van der Waals surface area contributed by atoms with Gasteiger partial charge < -0.3 is 10.6 Å². The van der Waals surface area contributed by atoms with E-state index in [4.69, 9.17) is 5.73 Å². The molecule has 0 bridgehead atoms. The van der Waals surface area contributed by atoms with Crippen LogP contribution in [0, 0.1) is 16.0 Å². The molecule has 2 rings (SSSR count). The third kappa shape index (κ3) is 2.37. The molecule has 1 fully saturated rings. The van der Waals surface area contributed by atoms with Crippen molar-refractivity contribution < 1.29 is 4.92 Å². The quantitative estimate of drug-likeness (QED) is 0.651. The summed E-state index contributed by atoms with van der Waals surface area (Å²) in [6.45, 7) is 2.51. The van der Waals surface area contributed by atoms with Gasteiger partial charge in [0.1, 0.15) is 5.69 Å². The Morgan fingerprint density at radius 3 is 2.80 bits per heavy atom. The molecule has 0 aliphatic heterocycles. The van der Waals surface area contributed by atoms with E-state index in [1.807, 2.05) is 18.9 Å². The first kappa shape index (κ1) is 14.8. The van der Waals surface area contributed by atoms with E-state index < -0.39 is 0 Å². The van der Waals surface area contributed by atoms with Crippen LogP contribution in [-0.2, 0) is 13.5 Å². The predicted molar refractivity (Wildman–Crippen MR) is 77.8 cm³/mol. The number of nitrogens with zero attached hydrogens (tertiary/aromatic N) is 4. The van der Waals surface area contributed by atoms with Crippen LogP contribution < -0.4 is 10.6 Å². The van der Waals surface area contributed by atoms with Crippen molar-refractivity contribution in [1.82, 2.24) is 9.78 Å². The van der Waals surface area contributed by atoms with Gasteiger partial charge in [-0.05, 0) is 31.7 Å². The Morgan fingerprint density at radius 1 is 1.55 bits per heavy atom. The van der Waals surface area contributed by atoms with E-state index in [0.29, 0.717) is 30.4 Å². The number of hydrogen-bond donors (Lipinski definition) is 1. The van der Waals surface area contributed by atoms with Gasteiger partial charge in [-0.2, -0.15) is 5.10 Å². The summed E-state index contributed by atoms with van der Waals surface area (Å²) in [5, 5.41) is 15.7. The monoisotopic (exact) mass is 281 g/mol. The average Bonchev–Trinajstić information content (AvgIpc) is 3.01. The zero-order valence-corrected chi connectivity index (χ0v) is 12.4. The molecule has 0 spiro atoms. The van der Waals surface area contributed by atoms with Crippen LogP contribution in [0.25, 0.3) is 0 Å². The predicted octanol–water partition coefficient (Wildman–Crippen LogP) is 1.45. The third-order valence-electron chi connectivity index (χ3n) is 4.33. The molecule has 1 aromatic heterocycles. The van der Waals surface area contributed by atoms with Crippen LogP contribution in [0.1, 0.15) is 31.9 Å². The maximum absolute atomic E-state index is 11.4. The Balaban J connectivity index is 2.41. The van der Waals surface area contributed by atoms with Gasteiger partial charge in [0.2, 0.25) is 5.82 Å². The molecule has 2 atom stereocenters. The van der Waals surface area contributed by atoms with Gasteiger partial charge in [-0.1, -0.05) is 13.3 Å². The summed E-state index contributed by atoms with van der Waals surface area (Å²) >= 11 is 0. The molecule has 2 N–H and O–H groups in total. The number of aryl methyl sites for hydroxylation is 2. The minimum absolute atomic E-state index is 0.139. The lowest BCUT2D eigenvalue weighted by molar-refractivity contribution is -0.384. The third-order valence-corrected chi connectivity index (χ3v) is 4.33. The Labute approximate surface area is 118 Å². The molecule has 1 aliphatic rings. The lowest BCUT2D eigenvalue weighted by Gasteiger charge is -2.30. The number of hydrogen-bond acceptors (Lipinski definition) is 5. The molecule has 1 aliphatic carbocycles. The number of nitro groups is 1. The highest BCUT2D eigenvalue weighted by molar-refractivity contribution is 5.62. The van der Waals surface area contributed by atoms with Gasteiger partial charge in [0, 0.05) is 20.1 Å². The molecule has 0 saturated heterocycles. The molecule has 0 aromatic carbocycles. The van der Waals surface area contributed by atoms with Crippen LogP contribution in [0.3, 0.4) is 0 Å². The molecule has 1 saturated carbocycles. The van der Waals surface area contributed by atoms with Gasteiger partial charge in [-0.25, -0.2) is 4.68 Å². The summed E-state index contributed by atoms with van der Waals surface area (Å²) in [5.41, 5.74) is 6.51. The summed E-state index contributed by atoms with van der Waals surface area (Å²) in [7, 11) is 3.69. The highest BCUT2D eigenvalue weighted by Gasteiger charge is 2.36. The lowest BCUT2D eigenvalue weighted by atomic mass is 10.0. The van der Waals surface area contributed by atoms with E-state index in [9.17, 15) is 10.1 Å². The van der Waals surface area contributed by atoms with E-state index >= 15 is 0 Å². The molecule has 7 heteroatoms. The summed E-state index contributed by atoms with van der Waals surface area (Å²) in [6.07, 6.45) is 3.81. The van der Waals surface area contributed by atoms with E-state index in [1.54, 1.807) is 11.7 Å². The van der Waals surface area contributed by atoms with Crippen molar-refractivity contribution >= 4 is 11.5 Å². The highest BCUT2D eigenvalue weighted by atomic mass is 16.6. The summed E-state index contributed by atoms with van der Waals surface area (Å²) in [6, 6.07) is 0.263. The summed E-state index contributed by atoms with van der Waals surface area (Å²) in [4.78, 5) is 13.1. The molecule has 1 aromatic rings. The van der Waals surface area contributed by atoms with Crippen molar-refractivity contribution in [1.29, 1.82) is 0 Å². The van der Waals surface area contributed by atoms with Crippen molar-refractivity contribution in [2.75, 3.05) is 18.5 Å². The van der Waals surface area contributed by atoms with Crippen LogP contribution >= 0.6 is 0 Å². The zero-order chi connectivity index (χ0) is 14.9. The first-order valence-corrected chi connectivity index (χ1v) is 7.14. The SMILES string of the molecule is CCc1nn(C)c(N(C)C2CCCC2CN)c1[N+](=O)[O-]. The molecule has 1 heterocycles. The zero-order valence-electron chi connectivity index (χ0n) is 12.4. The summed E-state index contributed by atoms with van der Waals surface area (Å²) < 4.78 is 1.63. The molecular formula is C13H23N5O2. The Morgan fingerprint density at radius 2 is 2.25 bits per heavy atom. The first-order chi connectivity index (χ1) is 9.51. The first-order valence-electron chi connectivity index (χ1n) is 7.14. The van der Waals surface area contributed by atoms with Crippen molar-refractivity contribution in [3.63, 3.8) is 0 Å². The van der Waals surface area contributed by atoms with Gasteiger partial charge >= 0.3 is 5.69 Å². The average molecular weight is 281 g/mol. The molecule has 112 valence electrons.